The van der Waals surface area contributed by atoms with Crippen molar-refractivity contribution in [3.63, 3.8) is 0 Å². The number of halogens is 2. The van der Waals surface area contributed by atoms with Crippen LogP contribution in [0.25, 0.3) is 0 Å². The second-order valence-corrected chi connectivity index (χ2v) is 5.43. The molecule has 14 heavy (non-hydrogen) atoms. The van der Waals surface area contributed by atoms with Gasteiger partial charge < -0.3 is 4.74 Å². The van der Waals surface area contributed by atoms with Crippen molar-refractivity contribution in [2.45, 2.75) is 24.7 Å². The summed E-state index contributed by atoms with van der Waals surface area (Å²) in [6.45, 7) is 0.841. The quantitative estimate of drug-likeness (QED) is 0.696. The summed E-state index contributed by atoms with van der Waals surface area (Å²) in [4.78, 5) is 0. The largest absolute Gasteiger partial charge is 0.492 e. The third-order valence-corrected chi connectivity index (χ3v) is 4.07. The highest BCUT2D eigenvalue weighted by molar-refractivity contribution is 9.10. The Labute approximate surface area is 96.5 Å². The van der Waals surface area contributed by atoms with Crippen LogP contribution in [0.5, 0.6) is 5.75 Å². The summed E-state index contributed by atoms with van der Waals surface area (Å²) in [5.74, 6) is 1.01. The molecule has 0 N–H and O–H groups in total. The van der Waals surface area contributed by atoms with Crippen molar-refractivity contribution < 1.29 is 4.74 Å². The van der Waals surface area contributed by atoms with Crippen molar-refractivity contribution in [2.24, 2.45) is 0 Å². The van der Waals surface area contributed by atoms with Gasteiger partial charge in [0.2, 0.25) is 0 Å². The van der Waals surface area contributed by atoms with E-state index < -0.39 is 0 Å². The average molecular weight is 274 g/mol. The summed E-state index contributed by atoms with van der Waals surface area (Å²) in [6.07, 6.45) is 3.72. The molecule has 0 aromatic heterocycles. The molecule has 2 aliphatic rings. The van der Waals surface area contributed by atoms with Gasteiger partial charge in [-0.2, -0.15) is 0 Å². The molecule has 1 nitrogen and oxygen atoms in total. The van der Waals surface area contributed by atoms with Gasteiger partial charge >= 0.3 is 0 Å². The zero-order valence-electron chi connectivity index (χ0n) is 7.65. The van der Waals surface area contributed by atoms with Gasteiger partial charge in [0.1, 0.15) is 5.75 Å². The van der Waals surface area contributed by atoms with Crippen LogP contribution in [-0.2, 0) is 5.41 Å². The molecule has 1 aliphatic carbocycles. The highest BCUT2D eigenvalue weighted by Gasteiger charge is 2.48. The monoisotopic (exact) mass is 272 g/mol. The van der Waals surface area contributed by atoms with Gasteiger partial charge in [-0.25, -0.2) is 0 Å². The van der Waals surface area contributed by atoms with Gasteiger partial charge in [-0.05, 0) is 47.3 Å². The summed E-state index contributed by atoms with van der Waals surface area (Å²) < 4.78 is 6.67. The van der Waals surface area contributed by atoms with Crippen molar-refractivity contribution in [3.8, 4) is 5.75 Å². The molecule has 0 bridgehead atoms. The third kappa shape index (κ3) is 1.20. The molecule has 0 unspecified atom stereocenters. The van der Waals surface area contributed by atoms with Crippen molar-refractivity contribution in [2.75, 3.05) is 6.61 Å². The van der Waals surface area contributed by atoms with E-state index in [0.29, 0.717) is 5.41 Å². The molecule has 0 atom stereocenters. The molecule has 1 saturated carbocycles. The minimum atomic E-state index is 0.404. The van der Waals surface area contributed by atoms with Crippen LogP contribution in [0.15, 0.2) is 16.6 Å². The van der Waals surface area contributed by atoms with Crippen LogP contribution >= 0.6 is 27.5 Å². The van der Waals surface area contributed by atoms with Gasteiger partial charge in [-0.1, -0.05) is 11.6 Å². The first-order valence-corrected chi connectivity index (χ1v) is 6.01. The fourth-order valence-electron chi connectivity index (χ4n) is 2.25. The minimum absolute atomic E-state index is 0.404. The highest BCUT2D eigenvalue weighted by atomic mass is 79.9. The Morgan fingerprint density at radius 3 is 2.79 bits per heavy atom. The SMILES string of the molecule is Clc1cc(Br)c2c(c1)C1(CCO2)CC1. The second kappa shape index (κ2) is 2.89. The van der Waals surface area contributed by atoms with E-state index in [9.17, 15) is 0 Å². The van der Waals surface area contributed by atoms with Crippen molar-refractivity contribution in [1.82, 2.24) is 0 Å². The first-order valence-electron chi connectivity index (χ1n) is 4.84. The molecule has 74 valence electrons. The topological polar surface area (TPSA) is 9.23 Å². The predicted octanol–water partition coefficient (Wildman–Crippen LogP) is 3.92. The number of fused-ring (bicyclic) bond motifs is 2. The Bertz CT molecular complexity index is 399. The normalized spacial score (nSPS) is 21.6. The number of hydrogen-bond acceptors (Lipinski definition) is 1. The van der Waals surface area contributed by atoms with Crippen LogP contribution in [-0.4, -0.2) is 6.61 Å². The van der Waals surface area contributed by atoms with E-state index in [-0.39, 0.29) is 0 Å². The van der Waals surface area contributed by atoms with Gasteiger partial charge in [-0.15, -0.1) is 0 Å². The predicted molar refractivity (Wildman–Crippen MR) is 60.2 cm³/mol. The molecule has 0 amide bonds. The molecule has 3 rings (SSSR count). The molecule has 1 fully saturated rings. The van der Waals surface area contributed by atoms with Crippen LogP contribution in [0, 0.1) is 0 Å². The fourth-order valence-corrected chi connectivity index (χ4v) is 3.18. The Kier molecular flexibility index (Phi) is 1.87. The summed E-state index contributed by atoms with van der Waals surface area (Å²) in [6, 6.07) is 3.97. The molecule has 1 aromatic rings. The van der Waals surface area contributed by atoms with Crippen LogP contribution in [0.3, 0.4) is 0 Å². The smallest absolute Gasteiger partial charge is 0.137 e. The zero-order valence-corrected chi connectivity index (χ0v) is 9.99. The Hall–Kier alpha value is -0.210. The van der Waals surface area contributed by atoms with Crippen molar-refractivity contribution in [3.05, 3.63) is 27.2 Å². The second-order valence-electron chi connectivity index (χ2n) is 4.14. The van der Waals surface area contributed by atoms with Gasteiger partial charge in [-0.3, -0.25) is 0 Å². The van der Waals surface area contributed by atoms with E-state index in [1.165, 1.54) is 18.4 Å². The maximum absolute atomic E-state index is 6.05. The number of ether oxygens (including phenoxy) is 1. The van der Waals surface area contributed by atoms with E-state index in [1.54, 1.807) is 0 Å². The summed E-state index contributed by atoms with van der Waals surface area (Å²) in [7, 11) is 0. The standard InChI is InChI=1S/C11H10BrClO/c12-9-6-7(13)5-8-10(9)14-4-3-11(8)1-2-11/h5-6H,1-4H2. The Morgan fingerprint density at radius 1 is 1.29 bits per heavy atom. The van der Waals surface area contributed by atoms with Crippen LogP contribution in [0.4, 0.5) is 0 Å². The number of benzene rings is 1. The van der Waals surface area contributed by atoms with Crippen molar-refractivity contribution >= 4 is 27.5 Å². The maximum atomic E-state index is 6.05. The minimum Gasteiger partial charge on any atom is -0.492 e. The van der Waals surface area contributed by atoms with Crippen molar-refractivity contribution in [1.29, 1.82) is 0 Å². The molecule has 0 radical (unpaired) electrons. The van der Waals surface area contributed by atoms with E-state index in [0.717, 1.165) is 28.3 Å². The van der Waals surface area contributed by atoms with Gasteiger partial charge in [0.25, 0.3) is 0 Å². The molecule has 1 heterocycles. The lowest BCUT2D eigenvalue weighted by Gasteiger charge is -2.26. The Morgan fingerprint density at radius 2 is 2.07 bits per heavy atom. The average Bonchev–Trinajstić information content (AvgIpc) is 2.88. The molecule has 1 aliphatic heterocycles. The molecule has 0 saturated heterocycles. The van der Waals surface area contributed by atoms with Gasteiger partial charge in [0.15, 0.2) is 0 Å². The van der Waals surface area contributed by atoms with E-state index >= 15 is 0 Å². The lowest BCUT2D eigenvalue weighted by atomic mass is 9.90. The van der Waals surface area contributed by atoms with E-state index in [4.69, 9.17) is 16.3 Å². The van der Waals surface area contributed by atoms with Crippen LogP contribution in [0.2, 0.25) is 5.02 Å². The van der Waals surface area contributed by atoms with E-state index in [1.807, 2.05) is 6.07 Å². The molecule has 1 spiro atoms. The van der Waals surface area contributed by atoms with E-state index in [2.05, 4.69) is 22.0 Å². The first kappa shape index (κ1) is 9.05. The highest BCUT2D eigenvalue weighted by Crippen LogP contribution is 2.57. The number of hydrogen-bond donors (Lipinski definition) is 0. The Balaban J connectivity index is 2.21. The summed E-state index contributed by atoms with van der Waals surface area (Å²) in [5.41, 5.74) is 1.71. The van der Waals surface area contributed by atoms with Crippen LogP contribution in [0.1, 0.15) is 24.8 Å². The fraction of sp³-hybridized carbons (Fsp3) is 0.455. The lowest BCUT2D eigenvalue weighted by Crippen LogP contribution is -2.19. The van der Waals surface area contributed by atoms with Gasteiger partial charge in [0.05, 0.1) is 11.1 Å². The summed E-state index contributed by atoms with van der Waals surface area (Å²) in [5, 5.41) is 0.799. The van der Waals surface area contributed by atoms with Gasteiger partial charge in [0, 0.05) is 16.0 Å². The van der Waals surface area contributed by atoms with Crippen LogP contribution < -0.4 is 4.74 Å². The third-order valence-electron chi connectivity index (χ3n) is 3.26. The maximum Gasteiger partial charge on any atom is 0.137 e. The molecular formula is C11H10BrClO. The lowest BCUT2D eigenvalue weighted by molar-refractivity contribution is 0.259. The molecule has 3 heteroatoms. The first-order chi connectivity index (χ1) is 6.71. The molecule has 1 aromatic carbocycles. The molecular weight excluding hydrogens is 263 g/mol. The number of rotatable bonds is 0. The zero-order chi connectivity index (χ0) is 9.76. The summed E-state index contributed by atoms with van der Waals surface area (Å²) >= 11 is 9.55.